The molecule has 0 saturated heterocycles. The van der Waals surface area contributed by atoms with Crippen molar-refractivity contribution < 1.29 is 9.18 Å². The lowest BCUT2D eigenvalue weighted by Crippen LogP contribution is -2.32. The molecular formula is C15H14FN5O2. The van der Waals surface area contributed by atoms with E-state index in [-0.39, 0.29) is 30.4 Å². The number of benzene rings is 1. The van der Waals surface area contributed by atoms with Gasteiger partial charge >= 0.3 is 0 Å². The normalized spacial score (nSPS) is 10.9. The number of hydrogen-bond acceptors (Lipinski definition) is 4. The summed E-state index contributed by atoms with van der Waals surface area (Å²) in [4.78, 5) is 28.3. The molecule has 0 aliphatic heterocycles. The topological polar surface area (TPSA) is 81.8 Å². The van der Waals surface area contributed by atoms with Crippen molar-refractivity contribution in [1.29, 1.82) is 0 Å². The average Bonchev–Trinajstić information content (AvgIpc) is 2.90. The molecular weight excluding hydrogens is 301 g/mol. The first-order valence-electron chi connectivity index (χ1n) is 6.93. The fourth-order valence-electron chi connectivity index (χ4n) is 2.24. The number of carbonyl (C=O) groups is 1. The summed E-state index contributed by atoms with van der Waals surface area (Å²) in [5, 5.41) is 6.96. The molecule has 1 aromatic carbocycles. The van der Waals surface area contributed by atoms with E-state index >= 15 is 0 Å². The molecule has 0 unspecified atom stereocenters. The second-order valence-electron chi connectivity index (χ2n) is 5.09. The van der Waals surface area contributed by atoms with E-state index in [2.05, 4.69) is 15.4 Å². The van der Waals surface area contributed by atoms with Crippen LogP contribution in [0.5, 0.6) is 0 Å². The molecule has 1 N–H and O–H groups in total. The van der Waals surface area contributed by atoms with Gasteiger partial charge in [0.1, 0.15) is 24.1 Å². The number of rotatable bonds is 4. The van der Waals surface area contributed by atoms with Gasteiger partial charge in [-0.3, -0.25) is 18.8 Å². The standard InChI is InChI=1S/C15H14FN5O2/c1-20-14-12(7-19-20)15(23)21(9-18-14)8-13(22)17-6-10-3-2-4-11(16)5-10/h2-5,7,9H,6,8H2,1H3,(H,17,22). The lowest BCUT2D eigenvalue weighted by Gasteiger charge is -2.07. The van der Waals surface area contributed by atoms with Gasteiger partial charge in [0.25, 0.3) is 5.56 Å². The van der Waals surface area contributed by atoms with Crippen LogP contribution in [0.4, 0.5) is 4.39 Å². The van der Waals surface area contributed by atoms with Crippen molar-refractivity contribution in [3.63, 3.8) is 0 Å². The molecule has 23 heavy (non-hydrogen) atoms. The Balaban J connectivity index is 1.70. The summed E-state index contributed by atoms with van der Waals surface area (Å²) in [6, 6.07) is 5.95. The number of nitrogens with one attached hydrogen (secondary N) is 1. The Morgan fingerprint density at radius 2 is 2.22 bits per heavy atom. The molecule has 0 radical (unpaired) electrons. The number of aromatic nitrogens is 4. The first-order chi connectivity index (χ1) is 11.0. The van der Waals surface area contributed by atoms with Gasteiger partial charge in [0.15, 0.2) is 5.65 Å². The second kappa shape index (κ2) is 5.99. The summed E-state index contributed by atoms with van der Waals surface area (Å²) in [6.07, 6.45) is 2.74. The van der Waals surface area contributed by atoms with E-state index in [4.69, 9.17) is 0 Å². The fourth-order valence-corrected chi connectivity index (χ4v) is 2.24. The minimum atomic E-state index is -0.362. The van der Waals surface area contributed by atoms with Gasteiger partial charge in [-0.1, -0.05) is 12.1 Å². The monoisotopic (exact) mass is 315 g/mol. The summed E-state index contributed by atoms with van der Waals surface area (Å²) in [5.41, 5.74) is 0.780. The van der Waals surface area contributed by atoms with E-state index in [0.29, 0.717) is 16.6 Å². The molecule has 0 spiro atoms. The Bertz CT molecular complexity index is 931. The minimum absolute atomic E-state index is 0.161. The summed E-state index contributed by atoms with van der Waals surface area (Å²) < 4.78 is 15.8. The lowest BCUT2D eigenvalue weighted by molar-refractivity contribution is -0.121. The highest BCUT2D eigenvalue weighted by atomic mass is 19.1. The quantitative estimate of drug-likeness (QED) is 0.764. The maximum atomic E-state index is 13.1. The van der Waals surface area contributed by atoms with Crippen LogP contribution in [0.15, 0.2) is 41.6 Å². The van der Waals surface area contributed by atoms with Crippen molar-refractivity contribution in [2.45, 2.75) is 13.1 Å². The molecule has 118 valence electrons. The molecule has 0 fully saturated rings. The number of fused-ring (bicyclic) bond motifs is 1. The third kappa shape index (κ3) is 3.10. The number of amides is 1. The molecule has 2 heterocycles. The molecule has 0 bridgehead atoms. The van der Waals surface area contributed by atoms with Gasteiger partial charge < -0.3 is 5.32 Å². The number of halogens is 1. The zero-order chi connectivity index (χ0) is 16.4. The summed E-state index contributed by atoms with van der Waals surface area (Å²) in [6.45, 7) is 0.0277. The highest BCUT2D eigenvalue weighted by Crippen LogP contribution is 2.04. The summed E-state index contributed by atoms with van der Waals surface area (Å²) in [7, 11) is 1.69. The van der Waals surface area contributed by atoms with E-state index in [1.165, 1.54) is 33.9 Å². The number of nitrogens with zero attached hydrogens (tertiary/aromatic N) is 4. The van der Waals surface area contributed by atoms with Crippen LogP contribution in [0.3, 0.4) is 0 Å². The summed E-state index contributed by atoms with van der Waals surface area (Å²) in [5.74, 6) is -0.722. The molecule has 7 nitrogen and oxygen atoms in total. The van der Waals surface area contributed by atoms with Crippen LogP contribution < -0.4 is 10.9 Å². The molecule has 1 amide bonds. The highest BCUT2D eigenvalue weighted by molar-refractivity contribution is 5.77. The van der Waals surface area contributed by atoms with Crippen LogP contribution >= 0.6 is 0 Å². The first-order valence-corrected chi connectivity index (χ1v) is 6.93. The van der Waals surface area contributed by atoms with E-state index < -0.39 is 0 Å². The smallest absolute Gasteiger partial charge is 0.264 e. The summed E-state index contributed by atoms with van der Waals surface area (Å²) >= 11 is 0. The van der Waals surface area contributed by atoms with Crippen LogP contribution in [0.2, 0.25) is 0 Å². The van der Waals surface area contributed by atoms with Gasteiger partial charge in [0.05, 0.1) is 6.20 Å². The van der Waals surface area contributed by atoms with Crippen LogP contribution in [0.25, 0.3) is 11.0 Å². The van der Waals surface area contributed by atoms with Gasteiger partial charge in [0, 0.05) is 13.6 Å². The van der Waals surface area contributed by atoms with Gasteiger partial charge in [-0.05, 0) is 17.7 Å². The van der Waals surface area contributed by atoms with Crippen molar-refractivity contribution >= 4 is 16.9 Å². The van der Waals surface area contributed by atoms with Gasteiger partial charge in [-0.25, -0.2) is 9.37 Å². The predicted molar refractivity (Wildman–Crippen MR) is 81.0 cm³/mol. The Kier molecular flexibility index (Phi) is 3.88. The van der Waals surface area contributed by atoms with Crippen LogP contribution in [-0.2, 0) is 24.9 Å². The van der Waals surface area contributed by atoms with Crippen molar-refractivity contribution in [2.24, 2.45) is 7.05 Å². The van der Waals surface area contributed by atoms with Crippen molar-refractivity contribution in [3.05, 3.63) is 58.5 Å². The Morgan fingerprint density at radius 3 is 3.00 bits per heavy atom. The van der Waals surface area contributed by atoms with Crippen LogP contribution in [-0.4, -0.2) is 25.2 Å². The van der Waals surface area contributed by atoms with Gasteiger partial charge in [0.2, 0.25) is 5.91 Å². The zero-order valence-electron chi connectivity index (χ0n) is 12.4. The molecule has 8 heteroatoms. The lowest BCUT2D eigenvalue weighted by atomic mass is 10.2. The minimum Gasteiger partial charge on any atom is -0.350 e. The van der Waals surface area contributed by atoms with Crippen molar-refractivity contribution in [2.75, 3.05) is 0 Å². The Hall–Kier alpha value is -3.03. The number of hydrogen-bond donors (Lipinski definition) is 1. The molecule has 0 aliphatic rings. The second-order valence-corrected chi connectivity index (χ2v) is 5.09. The molecule has 0 aliphatic carbocycles. The van der Waals surface area contributed by atoms with Crippen molar-refractivity contribution in [3.8, 4) is 0 Å². The van der Waals surface area contributed by atoms with E-state index in [1.807, 2.05) is 0 Å². The molecule has 2 aromatic heterocycles. The molecule has 0 atom stereocenters. The first kappa shape index (κ1) is 14.9. The SMILES string of the molecule is Cn1ncc2c(=O)n(CC(=O)NCc3cccc(F)c3)cnc21. The fraction of sp³-hybridized carbons (Fsp3) is 0.200. The highest BCUT2D eigenvalue weighted by Gasteiger charge is 2.10. The Morgan fingerprint density at radius 1 is 1.39 bits per heavy atom. The average molecular weight is 315 g/mol. The number of aryl methyl sites for hydroxylation is 1. The molecule has 3 rings (SSSR count). The Labute approximate surface area is 130 Å². The largest absolute Gasteiger partial charge is 0.350 e. The van der Waals surface area contributed by atoms with E-state index in [0.717, 1.165) is 0 Å². The van der Waals surface area contributed by atoms with Crippen LogP contribution in [0, 0.1) is 5.82 Å². The van der Waals surface area contributed by atoms with E-state index in [1.54, 1.807) is 19.2 Å². The maximum absolute atomic E-state index is 13.1. The molecule has 3 aromatic rings. The third-order valence-corrected chi connectivity index (χ3v) is 3.41. The van der Waals surface area contributed by atoms with Crippen molar-refractivity contribution in [1.82, 2.24) is 24.6 Å². The van der Waals surface area contributed by atoms with Gasteiger partial charge in [-0.15, -0.1) is 0 Å². The maximum Gasteiger partial charge on any atom is 0.264 e. The number of carbonyl (C=O) groups excluding carboxylic acids is 1. The zero-order valence-corrected chi connectivity index (χ0v) is 12.4. The van der Waals surface area contributed by atoms with Gasteiger partial charge in [-0.2, -0.15) is 5.10 Å². The molecule has 0 saturated carbocycles. The van der Waals surface area contributed by atoms with Crippen LogP contribution in [0.1, 0.15) is 5.56 Å². The van der Waals surface area contributed by atoms with E-state index in [9.17, 15) is 14.0 Å². The third-order valence-electron chi connectivity index (χ3n) is 3.41. The predicted octanol–water partition coefficient (Wildman–Crippen LogP) is 0.585.